The zero-order valence-corrected chi connectivity index (χ0v) is 12.7. The van der Waals surface area contributed by atoms with E-state index in [9.17, 15) is 0 Å². The van der Waals surface area contributed by atoms with Gasteiger partial charge in [-0.25, -0.2) is 9.97 Å². The Bertz CT molecular complexity index is 607. The highest BCUT2D eigenvalue weighted by Gasteiger charge is 2.19. The molecule has 0 radical (unpaired) electrons. The third-order valence-electron chi connectivity index (χ3n) is 3.84. The molecule has 1 fully saturated rings. The molecule has 1 aromatic carbocycles. The first kappa shape index (κ1) is 13.8. The van der Waals surface area contributed by atoms with Crippen LogP contribution in [-0.2, 0) is 6.42 Å². The Morgan fingerprint density at radius 2 is 1.80 bits per heavy atom. The van der Waals surface area contributed by atoms with Crippen molar-refractivity contribution in [2.45, 2.75) is 38.0 Å². The van der Waals surface area contributed by atoms with Gasteiger partial charge < -0.3 is 0 Å². The van der Waals surface area contributed by atoms with Crippen LogP contribution in [-0.4, -0.2) is 9.97 Å². The minimum Gasteiger partial charge on any atom is -0.237 e. The van der Waals surface area contributed by atoms with Gasteiger partial charge in [-0.15, -0.1) is 0 Å². The van der Waals surface area contributed by atoms with Crippen LogP contribution in [0.3, 0.4) is 0 Å². The predicted molar refractivity (Wildman–Crippen MR) is 82.5 cm³/mol. The Morgan fingerprint density at radius 1 is 1.05 bits per heavy atom. The largest absolute Gasteiger partial charge is 0.237 e. The lowest BCUT2D eigenvalue weighted by molar-refractivity contribution is 0.686. The van der Waals surface area contributed by atoms with Crippen LogP contribution in [0.5, 0.6) is 0 Å². The summed E-state index contributed by atoms with van der Waals surface area (Å²) >= 11 is 12.3. The number of hydrogen-bond acceptors (Lipinski definition) is 2. The number of halogens is 2. The average molecular weight is 307 g/mol. The van der Waals surface area contributed by atoms with Crippen LogP contribution in [0, 0.1) is 0 Å². The first-order chi connectivity index (χ1) is 9.72. The number of nitrogens with zero attached hydrogens (tertiary/aromatic N) is 2. The van der Waals surface area contributed by atoms with Gasteiger partial charge in [-0.3, -0.25) is 0 Å². The quantitative estimate of drug-likeness (QED) is 0.743. The van der Waals surface area contributed by atoms with E-state index in [2.05, 4.69) is 4.98 Å². The van der Waals surface area contributed by atoms with E-state index in [4.69, 9.17) is 28.2 Å². The van der Waals surface area contributed by atoms with E-state index in [1.807, 2.05) is 30.3 Å². The normalized spacial score (nSPS) is 15.7. The van der Waals surface area contributed by atoms with Crippen molar-refractivity contribution in [1.82, 2.24) is 9.97 Å². The summed E-state index contributed by atoms with van der Waals surface area (Å²) in [6, 6.07) is 9.70. The highest BCUT2D eigenvalue weighted by Crippen LogP contribution is 2.33. The maximum atomic E-state index is 6.19. The van der Waals surface area contributed by atoms with E-state index < -0.39 is 0 Å². The summed E-state index contributed by atoms with van der Waals surface area (Å²) in [6.07, 6.45) is 5.61. The average Bonchev–Trinajstić information content (AvgIpc) is 2.95. The predicted octanol–water partition coefficient (Wildman–Crippen LogP) is 5.03. The van der Waals surface area contributed by atoms with Gasteiger partial charge >= 0.3 is 0 Å². The summed E-state index contributed by atoms with van der Waals surface area (Å²) in [5.41, 5.74) is 2.12. The summed E-state index contributed by atoms with van der Waals surface area (Å²) in [7, 11) is 0. The van der Waals surface area contributed by atoms with E-state index in [0.717, 1.165) is 22.1 Å². The minimum atomic E-state index is 0.531. The summed E-state index contributed by atoms with van der Waals surface area (Å²) in [5, 5.41) is 1.28. The van der Waals surface area contributed by atoms with Crippen LogP contribution in [0.1, 0.15) is 48.7 Å². The van der Waals surface area contributed by atoms with E-state index in [1.54, 1.807) is 0 Å². The molecule has 3 rings (SSSR count). The van der Waals surface area contributed by atoms with E-state index in [0.29, 0.717) is 17.5 Å². The van der Waals surface area contributed by atoms with E-state index in [1.165, 1.54) is 25.7 Å². The Kier molecular flexibility index (Phi) is 4.23. The number of benzene rings is 1. The first-order valence-corrected chi connectivity index (χ1v) is 7.75. The number of rotatable bonds is 3. The zero-order valence-electron chi connectivity index (χ0n) is 11.1. The molecule has 0 bridgehead atoms. The zero-order chi connectivity index (χ0) is 13.9. The van der Waals surface area contributed by atoms with Crippen LogP contribution < -0.4 is 0 Å². The summed E-state index contributed by atoms with van der Waals surface area (Å²) in [6.45, 7) is 0. The molecule has 1 aliphatic carbocycles. The lowest BCUT2D eigenvalue weighted by Crippen LogP contribution is -2.04. The van der Waals surface area contributed by atoms with Crippen molar-refractivity contribution in [1.29, 1.82) is 0 Å². The molecular formula is C16H16Cl2N2. The molecule has 0 unspecified atom stereocenters. The summed E-state index contributed by atoms with van der Waals surface area (Å²) in [5.74, 6) is 1.30. The molecule has 1 aromatic heterocycles. The second kappa shape index (κ2) is 6.11. The molecule has 0 spiro atoms. The van der Waals surface area contributed by atoms with E-state index in [-0.39, 0.29) is 0 Å². The first-order valence-electron chi connectivity index (χ1n) is 6.99. The lowest BCUT2D eigenvalue weighted by Gasteiger charge is -2.11. The smallest absolute Gasteiger partial charge is 0.134 e. The SMILES string of the molecule is Clc1cc(C2CCCC2)nc(Cc2ccccc2Cl)n1. The molecule has 2 aromatic rings. The molecular weight excluding hydrogens is 291 g/mol. The van der Waals surface area contributed by atoms with Gasteiger partial charge in [-0.05, 0) is 30.5 Å². The van der Waals surface area contributed by atoms with Gasteiger partial charge in [-0.2, -0.15) is 0 Å². The molecule has 104 valence electrons. The molecule has 0 N–H and O–H groups in total. The van der Waals surface area contributed by atoms with E-state index >= 15 is 0 Å². The molecule has 1 saturated carbocycles. The van der Waals surface area contributed by atoms with Crippen molar-refractivity contribution in [2.75, 3.05) is 0 Å². The van der Waals surface area contributed by atoms with Crippen molar-refractivity contribution in [2.24, 2.45) is 0 Å². The van der Waals surface area contributed by atoms with Crippen LogP contribution in [0.4, 0.5) is 0 Å². The van der Waals surface area contributed by atoms with Gasteiger partial charge in [0.05, 0.1) is 0 Å². The van der Waals surface area contributed by atoms with Crippen molar-refractivity contribution >= 4 is 23.2 Å². The minimum absolute atomic E-state index is 0.531. The monoisotopic (exact) mass is 306 g/mol. The standard InChI is InChI=1S/C16H16Cl2N2/c17-13-8-4-3-7-12(13)9-16-19-14(10-15(18)20-16)11-5-1-2-6-11/h3-4,7-8,10-11H,1-2,5-6,9H2. The fourth-order valence-electron chi connectivity index (χ4n) is 2.81. The molecule has 1 heterocycles. The van der Waals surface area contributed by atoms with Gasteiger partial charge in [-0.1, -0.05) is 54.2 Å². The molecule has 4 heteroatoms. The van der Waals surface area contributed by atoms with Crippen molar-refractivity contribution in [3.05, 3.63) is 57.6 Å². The van der Waals surface area contributed by atoms with Crippen molar-refractivity contribution in [3.63, 3.8) is 0 Å². The Labute approximate surface area is 129 Å². The van der Waals surface area contributed by atoms with Gasteiger partial charge in [0, 0.05) is 23.1 Å². The van der Waals surface area contributed by atoms with Crippen molar-refractivity contribution < 1.29 is 0 Å². The van der Waals surface area contributed by atoms with Crippen LogP contribution in [0.25, 0.3) is 0 Å². The van der Waals surface area contributed by atoms with Gasteiger partial charge in [0.15, 0.2) is 0 Å². The lowest BCUT2D eigenvalue weighted by atomic mass is 10.0. The summed E-state index contributed by atoms with van der Waals surface area (Å²) in [4.78, 5) is 9.04. The highest BCUT2D eigenvalue weighted by atomic mass is 35.5. The Hall–Kier alpha value is -1.12. The molecule has 0 saturated heterocycles. The fourth-order valence-corrected chi connectivity index (χ4v) is 3.22. The fraction of sp³-hybridized carbons (Fsp3) is 0.375. The molecule has 0 amide bonds. The number of hydrogen-bond donors (Lipinski definition) is 0. The third-order valence-corrected chi connectivity index (χ3v) is 4.40. The summed E-state index contributed by atoms with van der Waals surface area (Å²) < 4.78 is 0. The molecule has 0 aliphatic heterocycles. The molecule has 0 atom stereocenters. The van der Waals surface area contributed by atoms with Gasteiger partial charge in [0.25, 0.3) is 0 Å². The van der Waals surface area contributed by atoms with Crippen LogP contribution in [0.2, 0.25) is 10.2 Å². The second-order valence-corrected chi connectivity index (χ2v) is 6.08. The third kappa shape index (κ3) is 3.13. The highest BCUT2D eigenvalue weighted by molar-refractivity contribution is 6.31. The van der Waals surface area contributed by atoms with Crippen molar-refractivity contribution in [3.8, 4) is 0 Å². The van der Waals surface area contributed by atoms with Crippen LogP contribution >= 0.6 is 23.2 Å². The molecule has 1 aliphatic rings. The Morgan fingerprint density at radius 3 is 2.55 bits per heavy atom. The number of aromatic nitrogens is 2. The maximum Gasteiger partial charge on any atom is 0.134 e. The van der Waals surface area contributed by atoms with Gasteiger partial charge in [0.1, 0.15) is 11.0 Å². The maximum absolute atomic E-state index is 6.19. The van der Waals surface area contributed by atoms with Crippen LogP contribution in [0.15, 0.2) is 30.3 Å². The van der Waals surface area contributed by atoms with Gasteiger partial charge in [0.2, 0.25) is 0 Å². The molecule has 20 heavy (non-hydrogen) atoms. The Balaban J connectivity index is 1.88. The topological polar surface area (TPSA) is 25.8 Å². The second-order valence-electron chi connectivity index (χ2n) is 5.28. The molecule has 2 nitrogen and oxygen atoms in total.